The van der Waals surface area contributed by atoms with E-state index in [4.69, 9.17) is 20.2 Å². The number of carbonyl (C=O) groups excluding carboxylic acids is 1. The molecule has 0 aromatic carbocycles. The standard InChI is InChI=1S/C25H30N8O2/c1-17-14-33-23(28-24(17)30-12-8-18(26)15-30)13-20(29-33)21-5-2-3-11-32(21)25(34)22-7-6-19(35-22)16-31-10-4-9-27-31/h4,6-7,9-10,13-14,18,21H,2-3,5,8,11-12,15-16,26H2,1H3/t18-,21-/m0/s1. The molecule has 2 N–H and O–H groups in total. The highest BCUT2D eigenvalue weighted by Crippen LogP contribution is 2.33. The Morgan fingerprint density at radius 3 is 2.94 bits per heavy atom. The van der Waals surface area contributed by atoms with Gasteiger partial charge < -0.3 is 20.0 Å². The number of anilines is 1. The number of hydrogen-bond acceptors (Lipinski definition) is 7. The number of furan rings is 1. The van der Waals surface area contributed by atoms with Crippen molar-refractivity contribution in [2.24, 2.45) is 5.73 Å². The van der Waals surface area contributed by atoms with Crippen molar-refractivity contribution in [1.29, 1.82) is 0 Å². The number of likely N-dealkylation sites (tertiary alicyclic amines) is 1. The van der Waals surface area contributed by atoms with E-state index in [2.05, 4.69) is 16.9 Å². The number of nitrogens with zero attached hydrogens (tertiary/aromatic N) is 7. The fourth-order valence-corrected chi connectivity index (χ4v) is 5.24. The molecule has 0 radical (unpaired) electrons. The number of nitrogens with two attached hydrogens (primary N) is 1. The van der Waals surface area contributed by atoms with Crippen LogP contribution >= 0.6 is 0 Å². The van der Waals surface area contributed by atoms with Gasteiger partial charge >= 0.3 is 0 Å². The molecule has 4 aromatic rings. The number of carbonyl (C=O) groups is 1. The first-order valence-electron chi connectivity index (χ1n) is 12.3. The molecule has 182 valence electrons. The monoisotopic (exact) mass is 474 g/mol. The van der Waals surface area contributed by atoms with Crippen molar-refractivity contribution >= 4 is 17.4 Å². The van der Waals surface area contributed by atoms with Crippen molar-refractivity contribution in [2.75, 3.05) is 24.5 Å². The van der Waals surface area contributed by atoms with Gasteiger partial charge in [0.15, 0.2) is 11.4 Å². The normalized spacial score (nSPS) is 20.7. The minimum Gasteiger partial charge on any atom is -0.454 e. The third-order valence-corrected chi connectivity index (χ3v) is 7.00. The third kappa shape index (κ3) is 4.18. The Labute approximate surface area is 203 Å². The second-order valence-electron chi connectivity index (χ2n) is 9.59. The summed E-state index contributed by atoms with van der Waals surface area (Å²) in [5.74, 6) is 1.92. The Hall–Kier alpha value is -3.66. The van der Waals surface area contributed by atoms with Gasteiger partial charge in [0.25, 0.3) is 5.91 Å². The van der Waals surface area contributed by atoms with Crippen LogP contribution in [0.3, 0.4) is 0 Å². The molecule has 0 aliphatic carbocycles. The van der Waals surface area contributed by atoms with E-state index in [1.807, 2.05) is 40.0 Å². The van der Waals surface area contributed by atoms with E-state index in [-0.39, 0.29) is 18.0 Å². The average Bonchev–Trinajstić information content (AvgIpc) is 3.66. The quantitative estimate of drug-likeness (QED) is 0.473. The van der Waals surface area contributed by atoms with E-state index in [9.17, 15) is 4.79 Å². The van der Waals surface area contributed by atoms with E-state index in [1.54, 1.807) is 16.9 Å². The Morgan fingerprint density at radius 2 is 2.14 bits per heavy atom. The van der Waals surface area contributed by atoms with Crippen LogP contribution in [0.2, 0.25) is 0 Å². The highest BCUT2D eigenvalue weighted by atomic mass is 16.4. The molecule has 4 aromatic heterocycles. The maximum atomic E-state index is 13.5. The third-order valence-electron chi connectivity index (χ3n) is 7.00. The molecule has 0 saturated carbocycles. The molecule has 1 amide bonds. The van der Waals surface area contributed by atoms with Crippen LogP contribution in [0.5, 0.6) is 0 Å². The first kappa shape index (κ1) is 21.8. The summed E-state index contributed by atoms with van der Waals surface area (Å²) >= 11 is 0. The zero-order chi connectivity index (χ0) is 23.9. The van der Waals surface area contributed by atoms with Crippen LogP contribution in [-0.2, 0) is 6.54 Å². The predicted octanol–water partition coefficient (Wildman–Crippen LogP) is 2.78. The van der Waals surface area contributed by atoms with Crippen LogP contribution in [0.25, 0.3) is 5.65 Å². The van der Waals surface area contributed by atoms with Crippen molar-refractivity contribution in [1.82, 2.24) is 29.3 Å². The van der Waals surface area contributed by atoms with Gasteiger partial charge in [-0.1, -0.05) is 0 Å². The summed E-state index contributed by atoms with van der Waals surface area (Å²) in [4.78, 5) is 22.5. The van der Waals surface area contributed by atoms with Gasteiger partial charge in [0.2, 0.25) is 0 Å². The molecule has 2 saturated heterocycles. The van der Waals surface area contributed by atoms with Crippen molar-refractivity contribution in [3.05, 3.63) is 65.6 Å². The van der Waals surface area contributed by atoms with E-state index < -0.39 is 0 Å². The summed E-state index contributed by atoms with van der Waals surface area (Å²) in [6.07, 6.45) is 9.47. The number of piperidine rings is 1. The zero-order valence-electron chi connectivity index (χ0n) is 19.9. The molecule has 2 atom stereocenters. The lowest BCUT2D eigenvalue weighted by Crippen LogP contribution is -2.38. The van der Waals surface area contributed by atoms with Crippen molar-refractivity contribution < 1.29 is 9.21 Å². The maximum Gasteiger partial charge on any atom is 0.290 e. The van der Waals surface area contributed by atoms with Crippen LogP contribution in [0.15, 0.2) is 47.3 Å². The first-order valence-corrected chi connectivity index (χ1v) is 12.3. The molecular formula is C25H30N8O2. The molecular weight excluding hydrogens is 444 g/mol. The number of rotatable bonds is 5. The SMILES string of the molecule is Cc1cn2nc([C@@H]3CCCCN3C(=O)c3ccc(Cn4cccn4)o3)cc2nc1N1CC[C@H](N)C1. The van der Waals surface area contributed by atoms with Gasteiger partial charge in [-0.2, -0.15) is 10.2 Å². The number of aromatic nitrogens is 5. The molecule has 2 aliphatic heterocycles. The Balaban J connectivity index is 1.26. The average molecular weight is 475 g/mol. The summed E-state index contributed by atoms with van der Waals surface area (Å²) in [5, 5.41) is 9.04. The molecule has 0 bridgehead atoms. The smallest absolute Gasteiger partial charge is 0.290 e. The van der Waals surface area contributed by atoms with Gasteiger partial charge in [0.1, 0.15) is 11.6 Å². The van der Waals surface area contributed by atoms with E-state index in [1.165, 1.54) is 0 Å². The molecule has 6 rings (SSSR count). The summed E-state index contributed by atoms with van der Waals surface area (Å²) < 4.78 is 9.51. The fourth-order valence-electron chi connectivity index (χ4n) is 5.24. The summed E-state index contributed by atoms with van der Waals surface area (Å²) in [7, 11) is 0. The zero-order valence-corrected chi connectivity index (χ0v) is 19.9. The number of hydrogen-bond donors (Lipinski definition) is 1. The van der Waals surface area contributed by atoms with Crippen LogP contribution in [0.4, 0.5) is 5.82 Å². The lowest BCUT2D eigenvalue weighted by atomic mass is 9.99. The number of fused-ring (bicyclic) bond motifs is 1. The predicted molar refractivity (Wildman–Crippen MR) is 130 cm³/mol. The minimum atomic E-state index is -0.110. The Kier molecular flexibility index (Phi) is 5.52. The molecule has 10 nitrogen and oxygen atoms in total. The molecule has 10 heteroatoms. The second kappa shape index (κ2) is 8.84. The van der Waals surface area contributed by atoms with Crippen LogP contribution in [0.1, 0.15) is 59.3 Å². The minimum absolute atomic E-state index is 0.102. The number of amides is 1. The van der Waals surface area contributed by atoms with Gasteiger partial charge in [0, 0.05) is 55.9 Å². The Bertz CT molecular complexity index is 1340. The van der Waals surface area contributed by atoms with E-state index in [0.717, 1.165) is 61.5 Å². The maximum absolute atomic E-state index is 13.5. The molecule has 0 unspecified atom stereocenters. The Morgan fingerprint density at radius 1 is 1.23 bits per heavy atom. The lowest BCUT2D eigenvalue weighted by molar-refractivity contribution is 0.0571. The highest BCUT2D eigenvalue weighted by molar-refractivity contribution is 5.92. The van der Waals surface area contributed by atoms with Gasteiger partial charge in [-0.05, 0) is 50.8 Å². The highest BCUT2D eigenvalue weighted by Gasteiger charge is 2.32. The summed E-state index contributed by atoms with van der Waals surface area (Å²) in [5.41, 5.74) is 8.84. The lowest BCUT2D eigenvalue weighted by Gasteiger charge is -2.34. The molecule has 35 heavy (non-hydrogen) atoms. The topological polar surface area (TPSA) is 111 Å². The molecule has 0 spiro atoms. The van der Waals surface area contributed by atoms with Crippen molar-refractivity contribution in [2.45, 2.75) is 51.2 Å². The first-order chi connectivity index (χ1) is 17.0. The summed E-state index contributed by atoms with van der Waals surface area (Å²) in [6.45, 7) is 4.96. The molecule has 2 fully saturated rings. The largest absolute Gasteiger partial charge is 0.454 e. The fraction of sp³-hybridized carbons (Fsp3) is 0.440. The van der Waals surface area contributed by atoms with Crippen LogP contribution in [-0.4, -0.2) is 60.9 Å². The summed E-state index contributed by atoms with van der Waals surface area (Å²) in [6, 6.07) is 7.56. The molecule has 6 heterocycles. The van der Waals surface area contributed by atoms with Crippen LogP contribution in [0, 0.1) is 6.92 Å². The van der Waals surface area contributed by atoms with Gasteiger partial charge in [-0.3, -0.25) is 9.48 Å². The van der Waals surface area contributed by atoms with E-state index >= 15 is 0 Å². The second-order valence-corrected chi connectivity index (χ2v) is 9.59. The van der Waals surface area contributed by atoms with Crippen molar-refractivity contribution in [3.63, 3.8) is 0 Å². The number of aryl methyl sites for hydroxylation is 1. The van der Waals surface area contributed by atoms with Gasteiger partial charge in [-0.15, -0.1) is 0 Å². The molecule has 2 aliphatic rings. The van der Waals surface area contributed by atoms with Gasteiger partial charge in [0.05, 0.1) is 18.3 Å². The van der Waals surface area contributed by atoms with Crippen molar-refractivity contribution in [3.8, 4) is 0 Å². The van der Waals surface area contributed by atoms with Gasteiger partial charge in [-0.25, -0.2) is 9.50 Å². The van der Waals surface area contributed by atoms with Crippen LogP contribution < -0.4 is 10.6 Å². The van der Waals surface area contributed by atoms with E-state index in [0.29, 0.717) is 24.6 Å².